The Kier molecular flexibility index (Phi) is 8.42. The number of nitrogens with one attached hydrogen (secondary N) is 2. The number of likely N-dealkylation sites (N-methyl/N-ethyl adjacent to an activating group) is 1. The Morgan fingerprint density at radius 1 is 1.06 bits per heavy atom. The van der Waals surface area contributed by atoms with Crippen molar-refractivity contribution in [1.29, 1.82) is 0 Å². The first-order valence-corrected chi connectivity index (χ1v) is 11.5. The number of amides is 2. The van der Waals surface area contributed by atoms with Gasteiger partial charge >= 0.3 is 0 Å². The molecule has 1 aliphatic rings. The topological polar surface area (TPSA) is 73.8 Å². The molecule has 2 amide bonds. The van der Waals surface area contributed by atoms with E-state index in [2.05, 4.69) is 34.6 Å². The Bertz CT molecular complexity index is 942. The second-order valence-electron chi connectivity index (χ2n) is 8.37. The van der Waals surface area contributed by atoms with E-state index in [1.807, 2.05) is 49.5 Å². The monoisotopic (exact) mass is 434 g/mol. The summed E-state index contributed by atoms with van der Waals surface area (Å²) in [4.78, 5) is 32.1. The van der Waals surface area contributed by atoms with Crippen molar-refractivity contribution in [3.8, 4) is 0 Å². The Morgan fingerprint density at radius 3 is 2.53 bits per heavy atom. The van der Waals surface area contributed by atoms with Crippen LogP contribution in [0, 0.1) is 0 Å². The molecule has 0 unspecified atom stereocenters. The summed E-state index contributed by atoms with van der Waals surface area (Å²) in [6, 6.07) is 17.5. The molecule has 0 bridgehead atoms. The molecule has 3 rings (SSSR count). The van der Waals surface area contributed by atoms with E-state index in [9.17, 15) is 9.59 Å². The van der Waals surface area contributed by atoms with E-state index >= 15 is 0 Å². The Balaban J connectivity index is 1.72. The first-order chi connectivity index (χ1) is 15.5. The third kappa shape index (κ3) is 6.19. The minimum absolute atomic E-state index is 0.0809. The van der Waals surface area contributed by atoms with Crippen LogP contribution in [-0.4, -0.2) is 43.3 Å². The first kappa shape index (κ1) is 23.5. The zero-order chi connectivity index (χ0) is 22.9. The molecule has 6 heteroatoms. The van der Waals surface area contributed by atoms with E-state index in [0.717, 1.165) is 48.2 Å². The Hall–Kier alpha value is -3.15. The molecule has 0 saturated carbocycles. The summed E-state index contributed by atoms with van der Waals surface area (Å²) in [6.45, 7) is 4.40. The Labute approximate surface area is 191 Å². The average molecular weight is 435 g/mol. The number of carbonyl (C=O) groups is 2. The summed E-state index contributed by atoms with van der Waals surface area (Å²) >= 11 is 0. The van der Waals surface area contributed by atoms with Crippen LogP contribution in [0.2, 0.25) is 0 Å². The number of benzodiazepines with no additional fused rings is 1. The number of unbranched alkanes of at least 4 members (excludes halogenated alkanes) is 3. The van der Waals surface area contributed by atoms with Gasteiger partial charge in [-0.2, -0.15) is 0 Å². The molecule has 2 aromatic rings. The number of carbonyl (C=O) groups excluding carboxylic acids is 2. The zero-order valence-corrected chi connectivity index (χ0v) is 19.3. The van der Waals surface area contributed by atoms with E-state index in [-0.39, 0.29) is 11.8 Å². The maximum Gasteiger partial charge on any atom is 0.243 e. The standard InChI is InChI=1S/C26H34N4O2/c1-4-5-6-10-17-24(31)27-19(2)26(32)29-23-18-30(3)22-16-12-11-15-21(22)25(28-23)20-13-8-7-9-14-20/h7-9,11-16,19,23H,4-6,10,17-18H2,1-3H3,(H,27,31)(H,29,32)/t19-,23+/m0/s1. The summed E-state index contributed by atoms with van der Waals surface area (Å²) < 4.78 is 0. The van der Waals surface area contributed by atoms with Crippen molar-refractivity contribution in [2.45, 2.75) is 58.2 Å². The van der Waals surface area contributed by atoms with E-state index < -0.39 is 12.2 Å². The fourth-order valence-corrected chi connectivity index (χ4v) is 3.92. The normalized spacial score (nSPS) is 16.4. The number of para-hydroxylation sites is 1. The van der Waals surface area contributed by atoms with Crippen molar-refractivity contribution in [2.75, 3.05) is 18.5 Å². The minimum atomic E-state index is -0.611. The summed E-state index contributed by atoms with van der Waals surface area (Å²) in [7, 11) is 2.00. The first-order valence-electron chi connectivity index (χ1n) is 11.5. The third-order valence-corrected chi connectivity index (χ3v) is 5.69. The summed E-state index contributed by atoms with van der Waals surface area (Å²) in [5.74, 6) is -0.310. The second kappa shape index (κ2) is 11.5. The highest BCUT2D eigenvalue weighted by atomic mass is 16.2. The molecule has 1 aliphatic heterocycles. The fraction of sp³-hybridized carbons (Fsp3) is 0.423. The SMILES string of the molecule is CCCCCCC(=O)N[C@@H](C)C(=O)N[C@@H]1CN(C)c2ccccc2C(c2ccccc2)=N1. The molecule has 1 heterocycles. The second-order valence-corrected chi connectivity index (χ2v) is 8.37. The molecule has 0 aliphatic carbocycles. The molecule has 2 atom stereocenters. The van der Waals surface area contributed by atoms with Gasteiger partial charge in [-0.3, -0.25) is 14.6 Å². The molecule has 0 saturated heterocycles. The van der Waals surface area contributed by atoms with Crippen molar-refractivity contribution in [3.63, 3.8) is 0 Å². The van der Waals surface area contributed by atoms with Crippen molar-refractivity contribution >= 4 is 23.2 Å². The molecule has 2 N–H and O–H groups in total. The largest absolute Gasteiger partial charge is 0.370 e. The van der Waals surface area contributed by atoms with Crippen LogP contribution < -0.4 is 15.5 Å². The van der Waals surface area contributed by atoms with Crippen LogP contribution in [0.4, 0.5) is 5.69 Å². The molecule has 6 nitrogen and oxygen atoms in total. The lowest BCUT2D eigenvalue weighted by Gasteiger charge is -2.24. The van der Waals surface area contributed by atoms with Gasteiger partial charge in [0.05, 0.1) is 12.3 Å². The zero-order valence-electron chi connectivity index (χ0n) is 19.3. The number of hydrogen-bond acceptors (Lipinski definition) is 4. The maximum absolute atomic E-state index is 12.8. The van der Waals surface area contributed by atoms with Crippen molar-refractivity contribution < 1.29 is 9.59 Å². The molecule has 0 fully saturated rings. The summed E-state index contributed by atoms with van der Waals surface area (Å²) in [5, 5.41) is 5.84. The number of rotatable bonds is 9. The highest BCUT2D eigenvalue weighted by Crippen LogP contribution is 2.26. The fourth-order valence-electron chi connectivity index (χ4n) is 3.92. The van der Waals surface area contributed by atoms with Crippen molar-refractivity contribution in [1.82, 2.24) is 10.6 Å². The Morgan fingerprint density at radius 2 is 1.78 bits per heavy atom. The van der Waals surface area contributed by atoms with E-state index in [1.165, 1.54) is 0 Å². The third-order valence-electron chi connectivity index (χ3n) is 5.69. The van der Waals surface area contributed by atoms with Crippen LogP contribution in [-0.2, 0) is 9.59 Å². The number of hydrogen-bond donors (Lipinski definition) is 2. The lowest BCUT2D eigenvalue weighted by Crippen LogP contribution is -2.50. The highest BCUT2D eigenvalue weighted by Gasteiger charge is 2.25. The van der Waals surface area contributed by atoms with E-state index in [0.29, 0.717) is 13.0 Å². The summed E-state index contributed by atoms with van der Waals surface area (Å²) in [5.41, 5.74) is 3.96. The lowest BCUT2D eigenvalue weighted by atomic mass is 10.0. The van der Waals surface area contributed by atoms with Crippen LogP contribution in [0.3, 0.4) is 0 Å². The van der Waals surface area contributed by atoms with Crippen LogP contribution >= 0.6 is 0 Å². The smallest absolute Gasteiger partial charge is 0.243 e. The molecule has 2 aromatic carbocycles. The van der Waals surface area contributed by atoms with Gasteiger partial charge in [-0.1, -0.05) is 74.7 Å². The van der Waals surface area contributed by atoms with Gasteiger partial charge in [0, 0.05) is 30.3 Å². The van der Waals surface area contributed by atoms with Gasteiger partial charge in [0.1, 0.15) is 12.2 Å². The molecule has 0 aromatic heterocycles. The number of fused-ring (bicyclic) bond motifs is 1. The van der Waals surface area contributed by atoms with E-state index in [1.54, 1.807) is 6.92 Å². The molecule has 0 radical (unpaired) electrons. The van der Waals surface area contributed by atoms with Gasteiger partial charge in [0.15, 0.2) is 0 Å². The molecular formula is C26H34N4O2. The predicted molar refractivity (Wildman–Crippen MR) is 130 cm³/mol. The van der Waals surface area contributed by atoms with Crippen molar-refractivity contribution in [3.05, 3.63) is 65.7 Å². The maximum atomic E-state index is 12.8. The lowest BCUT2D eigenvalue weighted by molar-refractivity contribution is -0.129. The van der Waals surface area contributed by atoms with Gasteiger partial charge in [-0.15, -0.1) is 0 Å². The van der Waals surface area contributed by atoms with Gasteiger partial charge in [-0.05, 0) is 19.4 Å². The molecule has 0 spiro atoms. The number of anilines is 1. The molecule has 32 heavy (non-hydrogen) atoms. The van der Waals surface area contributed by atoms with Gasteiger partial charge in [0.25, 0.3) is 0 Å². The number of nitrogens with zero attached hydrogens (tertiary/aromatic N) is 2. The summed E-state index contributed by atoms with van der Waals surface area (Å²) in [6.07, 6.45) is 4.17. The van der Waals surface area contributed by atoms with E-state index in [4.69, 9.17) is 4.99 Å². The van der Waals surface area contributed by atoms with Crippen LogP contribution in [0.15, 0.2) is 59.6 Å². The highest BCUT2D eigenvalue weighted by molar-refractivity contribution is 6.16. The average Bonchev–Trinajstić information content (AvgIpc) is 2.94. The predicted octanol–water partition coefficient (Wildman–Crippen LogP) is 3.89. The number of benzene rings is 2. The van der Waals surface area contributed by atoms with Gasteiger partial charge in [0.2, 0.25) is 11.8 Å². The van der Waals surface area contributed by atoms with Gasteiger partial charge in [-0.25, -0.2) is 0 Å². The quantitative estimate of drug-likeness (QED) is 0.588. The molecule has 170 valence electrons. The van der Waals surface area contributed by atoms with Gasteiger partial charge < -0.3 is 15.5 Å². The molecular weight excluding hydrogens is 400 g/mol. The van der Waals surface area contributed by atoms with Crippen LogP contribution in [0.5, 0.6) is 0 Å². The van der Waals surface area contributed by atoms with Crippen LogP contribution in [0.1, 0.15) is 57.1 Å². The van der Waals surface area contributed by atoms with Crippen molar-refractivity contribution in [2.24, 2.45) is 4.99 Å². The minimum Gasteiger partial charge on any atom is -0.370 e. The van der Waals surface area contributed by atoms with Crippen LogP contribution in [0.25, 0.3) is 0 Å². The number of aliphatic imine (C=N–C) groups is 1.